The van der Waals surface area contributed by atoms with Gasteiger partial charge in [0, 0.05) is 19.2 Å². The largest absolute Gasteiger partial charge is 0.479 e. The van der Waals surface area contributed by atoms with Crippen molar-refractivity contribution in [3.8, 4) is 5.75 Å². The van der Waals surface area contributed by atoms with Gasteiger partial charge in [-0.05, 0) is 56.5 Å². The molecule has 1 fully saturated rings. The van der Waals surface area contributed by atoms with Gasteiger partial charge in [-0.15, -0.1) is 0 Å². The van der Waals surface area contributed by atoms with Crippen LogP contribution in [0.4, 0.5) is 15.8 Å². The standard InChI is InChI=1S/C22H23ClFN3O5S/c1-12-8-18-19(32-13(2)21(28)26-18)10-20(12)33(30,31)27-7-3-4-14(11-27)22(29)25-17-6-5-15(24)9-16(17)23/h5-6,8-10,13-14H,3-4,7,11H2,1-2H3,(H,25,29)(H,26,28)/t13-,14+/m0/s1. The highest BCUT2D eigenvalue weighted by Gasteiger charge is 2.35. The van der Waals surface area contributed by atoms with Crippen LogP contribution in [0.5, 0.6) is 5.75 Å². The Morgan fingerprint density at radius 2 is 2.06 bits per heavy atom. The molecule has 8 nitrogen and oxygen atoms in total. The summed E-state index contributed by atoms with van der Waals surface area (Å²) in [6.07, 6.45) is 0.270. The monoisotopic (exact) mass is 495 g/mol. The molecule has 4 rings (SSSR count). The molecule has 2 aliphatic rings. The number of piperidine rings is 1. The predicted molar refractivity (Wildman–Crippen MR) is 121 cm³/mol. The molecule has 2 aromatic carbocycles. The maximum absolute atomic E-state index is 13.4. The Morgan fingerprint density at radius 1 is 1.30 bits per heavy atom. The van der Waals surface area contributed by atoms with Gasteiger partial charge in [-0.2, -0.15) is 4.31 Å². The fourth-order valence-corrected chi connectivity index (χ4v) is 5.92. The molecule has 11 heteroatoms. The molecule has 2 aromatic rings. The first-order valence-corrected chi connectivity index (χ1v) is 12.3. The van der Waals surface area contributed by atoms with Crippen molar-refractivity contribution in [3.63, 3.8) is 0 Å². The van der Waals surface area contributed by atoms with Crippen LogP contribution in [0.25, 0.3) is 0 Å². The highest BCUT2D eigenvalue weighted by Crippen LogP contribution is 2.36. The second-order valence-corrected chi connectivity index (χ2v) is 10.5. The zero-order valence-corrected chi connectivity index (χ0v) is 19.6. The SMILES string of the molecule is Cc1cc2c(cc1S(=O)(=O)N1CCC[C@@H](C(=O)Nc3ccc(F)cc3Cl)C1)O[C@@H](C)C(=O)N2. The molecular weight excluding hydrogens is 473 g/mol. The van der Waals surface area contributed by atoms with Crippen LogP contribution in [0.2, 0.25) is 5.02 Å². The van der Waals surface area contributed by atoms with E-state index in [2.05, 4.69) is 10.6 Å². The van der Waals surface area contributed by atoms with Crippen LogP contribution in [-0.2, 0) is 19.6 Å². The van der Waals surface area contributed by atoms with E-state index in [-0.39, 0.29) is 46.3 Å². The first kappa shape index (κ1) is 23.5. The molecule has 0 spiro atoms. The van der Waals surface area contributed by atoms with Crippen LogP contribution in [0.15, 0.2) is 35.2 Å². The number of rotatable bonds is 4. The quantitative estimate of drug-likeness (QED) is 0.675. The van der Waals surface area contributed by atoms with Gasteiger partial charge in [0.25, 0.3) is 5.91 Å². The molecule has 0 bridgehead atoms. The Hall–Kier alpha value is -2.69. The number of hydrogen-bond acceptors (Lipinski definition) is 5. The lowest BCUT2D eigenvalue weighted by molar-refractivity contribution is -0.123. The number of sulfonamides is 1. The summed E-state index contributed by atoms with van der Waals surface area (Å²) in [6, 6.07) is 6.63. The van der Waals surface area contributed by atoms with E-state index in [4.69, 9.17) is 16.3 Å². The van der Waals surface area contributed by atoms with Crippen LogP contribution in [-0.4, -0.2) is 43.7 Å². The summed E-state index contributed by atoms with van der Waals surface area (Å²) in [5.74, 6) is -1.52. The highest BCUT2D eigenvalue weighted by molar-refractivity contribution is 7.89. The van der Waals surface area contributed by atoms with E-state index in [1.54, 1.807) is 19.9 Å². The number of nitrogens with one attached hydrogen (secondary N) is 2. The molecule has 176 valence electrons. The van der Waals surface area contributed by atoms with Crippen LogP contribution in [0.1, 0.15) is 25.3 Å². The number of halogens is 2. The predicted octanol–water partition coefficient (Wildman–Crippen LogP) is 3.55. The first-order chi connectivity index (χ1) is 15.6. The summed E-state index contributed by atoms with van der Waals surface area (Å²) >= 11 is 5.99. The number of benzene rings is 2. The summed E-state index contributed by atoms with van der Waals surface area (Å²) in [6.45, 7) is 3.49. The summed E-state index contributed by atoms with van der Waals surface area (Å²) in [7, 11) is -3.93. The van der Waals surface area contributed by atoms with Crippen LogP contribution < -0.4 is 15.4 Å². The number of anilines is 2. The summed E-state index contributed by atoms with van der Waals surface area (Å²) < 4.78 is 47.0. The topological polar surface area (TPSA) is 105 Å². The van der Waals surface area contributed by atoms with Gasteiger partial charge in [-0.1, -0.05) is 11.6 Å². The molecule has 2 heterocycles. The Morgan fingerprint density at radius 3 is 2.79 bits per heavy atom. The molecule has 0 saturated carbocycles. The lowest BCUT2D eigenvalue weighted by atomic mass is 9.98. The lowest BCUT2D eigenvalue weighted by Gasteiger charge is -2.32. The normalized spacial score (nSPS) is 21.0. The van der Waals surface area contributed by atoms with Gasteiger partial charge in [0.1, 0.15) is 11.6 Å². The highest BCUT2D eigenvalue weighted by atomic mass is 35.5. The molecule has 2 N–H and O–H groups in total. The van der Waals surface area contributed by atoms with Crippen LogP contribution >= 0.6 is 11.6 Å². The average Bonchev–Trinajstić information content (AvgIpc) is 2.76. The van der Waals surface area contributed by atoms with Crippen molar-refractivity contribution in [3.05, 3.63) is 46.7 Å². The van der Waals surface area contributed by atoms with Gasteiger partial charge in [-0.25, -0.2) is 12.8 Å². The molecule has 33 heavy (non-hydrogen) atoms. The van der Waals surface area contributed by atoms with E-state index in [1.165, 1.54) is 22.5 Å². The Kier molecular flexibility index (Phi) is 6.35. The number of hydrogen-bond donors (Lipinski definition) is 2. The lowest BCUT2D eigenvalue weighted by Crippen LogP contribution is -2.44. The molecular formula is C22H23ClFN3O5S. The molecule has 0 unspecified atom stereocenters. The van der Waals surface area contributed by atoms with Crippen LogP contribution in [0, 0.1) is 18.7 Å². The number of aryl methyl sites for hydroxylation is 1. The zero-order chi connectivity index (χ0) is 23.9. The number of carbonyl (C=O) groups excluding carboxylic acids is 2. The third kappa shape index (κ3) is 4.68. The van der Waals surface area contributed by atoms with Crippen molar-refractivity contribution in [2.75, 3.05) is 23.7 Å². The minimum Gasteiger partial charge on any atom is -0.479 e. The second kappa shape index (κ2) is 8.92. The van der Waals surface area contributed by atoms with E-state index in [1.807, 2.05) is 0 Å². The molecule has 1 saturated heterocycles. The van der Waals surface area contributed by atoms with Crippen molar-refractivity contribution in [1.82, 2.24) is 4.31 Å². The van der Waals surface area contributed by atoms with Crippen molar-refractivity contribution >= 4 is 44.8 Å². The molecule has 0 radical (unpaired) electrons. The first-order valence-electron chi connectivity index (χ1n) is 10.4. The third-order valence-electron chi connectivity index (χ3n) is 5.77. The van der Waals surface area contributed by atoms with E-state index in [9.17, 15) is 22.4 Å². The van der Waals surface area contributed by atoms with Crippen molar-refractivity contribution in [1.29, 1.82) is 0 Å². The summed E-state index contributed by atoms with van der Waals surface area (Å²) in [4.78, 5) is 24.7. The number of amides is 2. The van der Waals surface area contributed by atoms with Crippen molar-refractivity contribution < 1.29 is 27.1 Å². The van der Waals surface area contributed by atoms with Gasteiger partial charge < -0.3 is 15.4 Å². The van der Waals surface area contributed by atoms with Gasteiger partial charge in [-0.3, -0.25) is 9.59 Å². The van der Waals surface area contributed by atoms with Crippen LogP contribution in [0.3, 0.4) is 0 Å². The number of carbonyl (C=O) groups is 2. The molecule has 2 aliphatic heterocycles. The van der Waals surface area contributed by atoms with E-state index < -0.39 is 27.9 Å². The Bertz CT molecular complexity index is 1240. The molecule has 0 aliphatic carbocycles. The van der Waals surface area contributed by atoms with E-state index in [0.29, 0.717) is 24.1 Å². The maximum Gasteiger partial charge on any atom is 0.265 e. The van der Waals surface area contributed by atoms with Gasteiger partial charge in [0.15, 0.2) is 6.10 Å². The van der Waals surface area contributed by atoms with E-state index >= 15 is 0 Å². The number of fused-ring (bicyclic) bond motifs is 1. The number of nitrogens with zero attached hydrogens (tertiary/aromatic N) is 1. The van der Waals surface area contributed by atoms with Gasteiger partial charge in [0.2, 0.25) is 15.9 Å². The molecule has 0 aromatic heterocycles. The Balaban J connectivity index is 1.54. The minimum atomic E-state index is -3.93. The third-order valence-corrected chi connectivity index (χ3v) is 8.09. The Labute approximate surface area is 196 Å². The summed E-state index contributed by atoms with van der Waals surface area (Å²) in [5, 5.41) is 5.43. The number of ether oxygens (including phenoxy) is 1. The van der Waals surface area contributed by atoms with Crippen molar-refractivity contribution in [2.24, 2.45) is 5.92 Å². The fraction of sp³-hybridized carbons (Fsp3) is 0.364. The average molecular weight is 496 g/mol. The molecule has 2 atom stereocenters. The van der Waals surface area contributed by atoms with Gasteiger partial charge >= 0.3 is 0 Å². The van der Waals surface area contributed by atoms with Gasteiger partial charge in [0.05, 0.1) is 27.2 Å². The maximum atomic E-state index is 13.4. The fourth-order valence-electron chi connectivity index (χ4n) is 3.96. The minimum absolute atomic E-state index is 0.00248. The van der Waals surface area contributed by atoms with Crippen molar-refractivity contribution in [2.45, 2.75) is 37.7 Å². The summed E-state index contributed by atoms with van der Waals surface area (Å²) in [5.41, 5.74) is 1.14. The second-order valence-electron chi connectivity index (χ2n) is 8.18. The van der Waals surface area contributed by atoms with E-state index in [0.717, 1.165) is 6.07 Å². The smallest absolute Gasteiger partial charge is 0.265 e. The molecule has 2 amide bonds. The zero-order valence-electron chi connectivity index (χ0n) is 18.0.